The Balaban J connectivity index is 2.17. The summed E-state index contributed by atoms with van der Waals surface area (Å²) in [5.74, 6) is -0.316. The van der Waals surface area contributed by atoms with Gasteiger partial charge in [0.1, 0.15) is 0 Å². The van der Waals surface area contributed by atoms with E-state index >= 15 is 0 Å². The molecule has 0 radical (unpaired) electrons. The number of hydrogen-bond donors (Lipinski definition) is 0. The number of rotatable bonds is 7. The first kappa shape index (κ1) is 23.9. The van der Waals surface area contributed by atoms with Gasteiger partial charge in [0.15, 0.2) is 0 Å². The van der Waals surface area contributed by atoms with Crippen LogP contribution in [0.1, 0.15) is 65.0 Å². The van der Waals surface area contributed by atoms with E-state index in [1.807, 2.05) is 13.0 Å². The van der Waals surface area contributed by atoms with Gasteiger partial charge in [0, 0.05) is 34.1 Å². The average molecular weight is 485 g/mol. The monoisotopic (exact) mass is 483 g/mol. The molecule has 0 unspecified atom stereocenters. The van der Waals surface area contributed by atoms with Crippen molar-refractivity contribution >= 4 is 39.4 Å². The third kappa shape index (κ3) is 6.32. The fraction of sp³-hybridized carbons (Fsp3) is 0.565. The number of benzene rings is 1. The fourth-order valence-corrected chi connectivity index (χ4v) is 4.21. The quantitative estimate of drug-likeness (QED) is 0.446. The van der Waals surface area contributed by atoms with Gasteiger partial charge in [-0.15, -0.1) is 0 Å². The van der Waals surface area contributed by atoms with Gasteiger partial charge in [-0.2, -0.15) is 0 Å². The summed E-state index contributed by atoms with van der Waals surface area (Å²) in [4.78, 5) is 25.9. The van der Waals surface area contributed by atoms with Crippen molar-refractivity contribution in [3.05, 3.63) is 45.0 Å². The van der Waals surface area contributed by atoms with Crippen molar-refractivity contribution in [2.24, 2.45) is 5.41 Å². The zero-order chi connectivity index (χ0) is 21.8. The predicted molar refractivity (Wildman–Crippen MR) is 121 cm³/mol. The lowest BCUT2D eigenvalue weighted by Gasteiger charge is -2.37. The molecule has 0 aliphatic carbocycles. The van der Waals surface area contributed by atoms with E-state index < -0.39 is 5.41 Å². The molecule has 1 amide bonds. The van der Waals surface area contributed by atoms with Gasteiger partial charge in [-0.1, -0.05) is 67.4 Å². The van der Waals surface area contributed by atoms with E-state index in [1.165, 1.54) is 0 Å². The van der Waals surface area contributed by atoms with Gasteiger partial charge in [0.2, 0.25) is 5.91 Å². The van der Waals surface area contributed by atoms with Crippen LogP contribution in [0.4, 0.5) is 0 Å². The number of aryl methyl sites for hydroxylation is 1. The van der Waals surface area contributed by atoms with E-state index in [9.17, 15) is 9.59 Å². The molecule has 0 aromatic heterocycles. The Morgan fingerprint density at radius 2 is 2.03 bits per heavy atom. The maximum Gasteiger partial charge on any atom is 0.307 e. The Hall–Kier alpha value is -1.33. The zero-order valence-corrected chi connectivity index (χ0v) is 20.3. The molecule has 1 atom stereocenters. The van der Waals surface area contributed by atoms with Crippen molar-refractivity contribution in [1.29, 1.82) is 0 Å². The highest BCUT2D eigenvalue weighted by Crippen LogP contribution is 2.43. The molecule has 2 rings (SSSR count). The predicted octanol–water partition coefficient (Wildman–Crippen LogP) is 6.00. The molecule has 1 aromatic carbocycles. The Morgan fingerprint density at radius 1 is 1.34 bits per heavy atom. The number of nitrogens with zero attached hydrogens (tertiary/aromatic N) is 1. The third-order valence-electron chi connectivity index (χ3n) is 5.32. The van der Waals surface area contributed by atoms with Crippen LogP contribution in [0.5, 0.6) is 0 Å². The largest absolute Gasteiger partial charge is 0.466 e. The molecule has 0 saturated carbocycles. The zero-order valence-electron chi connectivity index (χ0n) is 18.0. The number of ether oxygens (including phenoxy) is 1. The highest BCUT2D eigenvalue weighted by molar-refractivity contribution is 9.11. The van der Waals surface area contributed by atoms with E-state index in [1.54, 1.807) is 18.0 Å². The maximum atomic E-state index is 12.7. The number of hydrogen-bond acceptors (Lipinski definition) is 3. The fourth-order valence-electron chi connectivity index (χ4n) is 3.32. The first-order valence-corrected chi connectivity index (χ1v) is 11.2. The second-order valence-electron chi connectivity index (χ2n) is 8.99. The van der Waals surface area contributed by atoms with Crippen LogP contribution < -0.4 is 0 Å². The molecule has 0 fully saturated rings. The van der Waals surface area contributed by atoms with Gasteiger partial charge in [-0.3, -0.25) is 9.59 Å². The normalized spacial score (nSPS) is 19.9. The second-order valence-corrected chi connectivity index (χ2v) is 10.3. The third-order valence-corrected chi connectivity index (χ3v) is 6.75. The average Bonchev–Trinajstić information content (AvgIpc) is 2.62. The molecule has 0 spiro atoms. The van der Waals surface area contributed by atoms with E-state index in [2.05, 4.69) is 48.8 Å². The summed E-state index contributed by atoms with van der Waals surface area (Å²) < 4.78 is 5.84. The van der Waals surface area contributed by atoms with Crippen molar-refractivity contribution in [3.63, 3.8) is 0 Å². The molecular formula is C23H31BrClNO3. The van der Waals surface area contributed by atoms with Crippen LogP contribution in [-0.2, 0) is 26.2 Å². The molecule has 0 saturated heterocycles. The number of carbonyl (C=O) groups excluding carboxylic acids is 2. The van der Waals surface area contributed by atoms with Crippen LogP contribution in [-0.4, -0.2) is 29.9 Å². The van der Waals surface area contributed by atoms with Crippen LogP contribution >= 0.6 is 27.5 Å². The smallest absolute Gasteiger partial charge is 0.307 e. The molecule has 0 bridgehead atoms. The minimum absolute atomic E-state index is 0.0204. The standard InChI is InChI=1S/C23H31BrClNO3/c1-6-29-21(28)10-12-26-15-19(24)23(5,14-20(26)27)17-8-7-16(18(25)13-17)9-11-22(2,3)4/h7-8,13,15H,6,9-12,14H2,1-5H3/t23-/m0/s1. The molecule has 1 aliphatic heterocycles. The van der Waals surface area contributed by atoms with Crippen molar-refractivity contribution in [2.45, 2.75) is 65.7 Å². The van der Waals surface area contributed by atoms with Gasteiger partial charge in [-0.05, 0) is 42.4 Å². The minimum atomic E-state index is -0.482. The van der Waals surface area contributed by atoms with Gasteiger partial charge >= 0.3 is 5.97 Å². The van der Waals surface area contributed by atoms with Crippen LogP contribution in [0.25, 0.3) is 0 Å². The van der Waals surface area contributed by atoms with Gasteiger partial charge < -0.3 is 9.64 Å². The van der Waals surface area contributed by atoms with Gasteiger partial charge in [0.25, 0.3) is 0 Å². The molecular weight excluding hydrogens is 454 g/mol. The molecule has 4 nitrogen and oxygen atoms in total. The lowest BCUT2D eigenvalue weighted by atomic mass is 9.77. The lowest BCUT2D eigenvalue weighted by molar-refractivity contribution is -0.143. The Bertz CT molecular complexity index is 800. The number of amides is 1. The molecule has 160 valence electrons. The topological polar surface area (TPSA) is 46.6 Å². The summed E-state index contributed by atoms with van der Waals surface area (Å²) in [7, 11) is 0. The molecule has 29 heavy (non-hydrogen) atoms. The SMILES string of the molecule is CCOC(=O)CCN1C=C(Br)[C@](C)(c2ccc(CCC(C)(C)C)c(Cl)c2)CC1=O. The van der Waals surface area contributed by atoms with E-state index in [4.69, 9.17) is 16.3 Å². The van der Waals surface area contributed by atoms with Crippen molar-refractivity contribution in [3.8, 4) is 0 Å². The molecule has 1 aromatic rings. The van der Waals surface area contributed by atoms with Crippen molar-refractivity contribution in [1.82, 2.24) is 4.90 Å². The Kier molecular flexibility index (Phi) is 7.97. The van der Waals surface area contributed by atoms with Gasteiger partial charge in [-0.25, -0.2) is 0 Å². The van der Waals surface area contributed by atoms with Gasteiger partial charge in [0.05, 0.1) is 13.0 Å². The first-order chi connectivity index (χ1) is 13.5. The highest BCUT2D eigenvalue weighted by atomic mass is 79.9. The summed E-state index contributed by atoms with van der Waals surface area (Å²) in [6, 6.07) is 6.13. The van der Waals surface area contributed by atoms with E-state index in [0.29, 0.717) is 19.6 Å². The number of halogens is 2. The van der Waals surface area contributed by atoms with Crippen LogP contribution in [0, 0.1) is 5.41 Å². The van der Waals surface area contributed by atoms with Crippen LogP contribution in [0.2, 0.25) is 5.02 Å². The number of carbonyl (C=O) groups is 2. The van der Waals surface area contributed by atoms with Crippen LogP contribution in [0.3, 0.4) is 0 Å². The molecule has 6 heteroatoms. The lowest BCUT2D eigenvalue weighted by Crippen LogP contribution is -2.40. The molecule has 1 heterocycles. The Labute approximate surface area is 187 Å². The minimum Gasteiger partial charge on any atom is -0.466 e. The highest BCUT2D eigenvalue weighted by Gasteiger charge is 2.38. The second kappa shape index (κ2) is 9.65. The Morgan fingerprint density at radius 3 is 2.62 bits per heavy atom. The van der Waals surface area contributed by atoms with E-state index in [-0.39, 0.29) is 23.7 Å². The number of allylic oxidation sites excluding steroid dienone is 1. The molecule has 1 aliphatic rings. The number of esters is 1. The summed E-state index contributed by atoms with van der Waals surface area (Å²) in [5, 5.41) is 0.741. The molecule has 0 N–H and O–H groups in total. The van der Waals surface area contributed by atoms with Crippen molar-refractivity contribution < 1.29 is 14.3 Å². The van der Waals surface area contributed by atoms with E-state index in [0.717, 1.165) is 33.5 Å². The van der Waals surface area contributed by atoms with Crippen LogP contribution in [0.15, 0.2) is 28.9 Å². The van der Waals surface area contributed by atoms with Crippen molar-refractivity contribution in [2.75, 3.05) is 13.2 Å². The summed E-state index contributed by atoms with van der Waals surface area (Å²) in [5.41, 5.74) is 1.91. The first-order valence-electron chi connectivity index (χ1n) is 10.1. The summed E-state index contributed by atoms with van der Waals surface area (Å²) in [6.45, 7) is 11.1. The summed E-state index contributed by atoms with van der Waals surface area (Å²) in [6.07, 6.45) is 4.26. The maximum absolute atomic E-state index is 12.7. The summed E-state index contributed by atoms with van der Waals surface area (Å²) >= 11 is 10.2.